The van der Waals surface area contributed by atoms with Crippen LogP contribution in [0.15, 0.2) is 66.7 Å². The van der Waals surface area contributed by atoms with Gasteiger partial charge in [0.15, 0.2) is 0 Å². The Morgan fingerprint density at radius 1 is 0.865 bits per heavy atom. The first-order valence-corrected chi connectivity index (χ1v) is 11.2. The SMILES string of the molecule is COC(C)c1ccccc1-c1ccc2[nH]c(/C=C/c3ccc(OC(C(F)(F)F)C(F)(F)F)cc3)nc2c1. The van der Waals surface area contributed by atoms with Gasteiger partial charge in [-0.15, -0.1) is 0 Å². The summed E-state index contributed by atoms with van der Waals surface area (Å²) in [7, 11) is 1.65. The molecule has 1 atom stereocenters. The molecular weight excluding hydrogens is 498 g/mol. The van der Waals surface area contributed by atoms with Crippen molar-refractivity contribution in [2.24, 2.45) is 0 Å². The Hall–Kier alpha value is -3.79. The predicted octanol–water partition coefficient (Wildman–Crippen LogP) is 7.98. The van der Waals surface area contributed by atoms with Crippen LogP contribution in [0.3, 0.4) is 0 Å². The van der Waals surface area contributed by atoms with Gasteiger partial charge < -0.3 is 14.5 Å². The molecular formula is C27H22F6N2O2. The molecule has 0 amide bonds. The van der Waals surface area contributed by atoms with Crippen molar-refractivity contribution in [2.75, 3.05) is 7.11 Å². The fourth-order valence-electron chi connectivity index (χ4n) is 3.80. The van der Waals surface area contributed by atoms with Crippen LogP contribution in [0.1, 0.15) is 30.0 Å². The second-order valence-corrected chi connectivity index (χ2v) is 8.30. The van der Waals surface area contributed by atoms with E-state index in [9.17, 15) is 26.3 Å². The van der Waals surface area contributed by atoms with Crippen molar-refractivity contribution in [1.82, 2.24) is 9.97 Å². The third-order valence-corrected chi connectivity index (χ3v) is 5.73. The van der Waals surface area contributed by atoms with Crippen LogP contribution in [0.2, 0.25) is 0 Å². The third kappa shape index (κ3) is 6.14. The smallest absolute Gasteiger partial charge is 0.434 e. The Balaban J connectivity index is 1.52. The number of nitrogens with zero attached hydrogens (tertiary/aromatic N) is 1. The molecule has 37 heavy (non-hydrogen) atoms. The van der Waals surface area contributed by atoms with Gasteiger partial charge in [0, 0.05) is 7.11 Å². The van der Waals surface area contributed by atoms with Gasteiger partial charge in [-0.2, -0.15) is 26.3 Å². The Labute approximate surface area is 208 Å². The quantitative estimate of drug-likeness (QED) is 0.251. The highest BCUT2D eigenvalue weighted by Gasteiger charge is 2.59. The molecule has 0 bridgehead atoms. The normalized spacial score (nSPS) is 13.5. The van der Waals surface area contributed by atoms with E-state index >= 15 is 0 Å². The molecule has 0 aliphatic carbocycles. The fourth-order valence-corrected chi connectivity index (χ4v) is 3.80. The number of hydrogen-bond donors (Lipinski definition) is 1. The van der Waals surface area contributed by atoms with Gasteiger partial charge >= 0.3 is 12.4 Å². The van der Waals surface area contributed by atoms with E-state index in [4.69, 9.17) is 4.74 Å². The second-order valence-electron chi connectivity index (χ2n) is 8.30. The maximum absolute atomic E-state index is 12.7. The van der Waals surface area contributed by atoms with Crippen molar-refractivity contribution in [3.63, 3.8) is 0 Å². The lowest BCUT2D eigenvalue weighted by atomic mass is 9.96. The Bertz CT molecular complexity index is 1380. The lowest BCUT2D eigenvalue weighted by molar-refractivity contribution is -0.299. The molecule has 0 aliphatic heterocycles. The van der Waals surface area contributed by atoms with Gasteiger partial charge in [-0.1, -0.05) is 48.5 Å². The van der Waals surface area contributed by atoms with Gasteiger partial charge in [0.1, 0.15) is 11.6 Å². The van der Waals surface area contributed by atoms with Crippen LogP contribution in [0.4, 0.5) is 26.3 Å². The number of fused-ring (bicyclic) bond motifs is 1. The fraction of sp³-hybridized carbons (Fsp3) is 0.222. The van der Waals surface area contributed by atoms with Crippen LogP contribution >= 0.6 is 0 Å². The summed E-state index contributed by atoms with van der Waals surface area (Å²) in [5, 5.41) is 0. The summed E-state index contributed by atoms with van der Waals surface area (Å²) < 4.78 is 85.8. The zero-order chi connectivity index (χ0) is 26.8. The summed E-state index contributed by atoms with van der Waals surface area (Å²) in [5.41, 5.74) is 5.11. The van der Waals surface area contributed by atoms with Gasteiger partial charge in [0.2, 0.25) is 0 Å². The molecule has 4 aromatic rings. The number of rotatable bonds is 7. The molecule has 1 aromatic heterocycles. The average molecular weight is 520 g/mol. The Morgan fingerprint density at radius 3 is 2.19 bits per heavy atom. The number of benzene rings is 3. The molecule has 4 rings (SSSR count). The molecule has 0 saturated carbocycles. The van der Waals surface area contributed by atoms with E-state index in [-0.39, 0.29) is 6.10 Å². The van der Waals surface area contributed by atoms with E-state index in [1.54, 1.807) is 19.3 Å². The molecule has 3 aromatic carbocycles. The number of halogens is 6. The minimum Gasteiger partial charge on any atom is -0.471 e. The van der Waals surface area contributed by atoms with E-state index < -0.39 is 24.2 Å². The Kier molecular flexibility index (Phi) is 7.31. The lowest BCUT2D eigenvalue weighted by Gasteiger charge is -2.23. The number of aromatic nitrogens is 2. The molecule has 1 heterocycles. The summed E-state index contributed by atoms with van der Waals surface area (Å²) in [6.07, 6.45) is -11.9. The van der Waals surface area contributed by atoms with Gasteiger partial charge in [-0.05, 0) is 59.5 Å². The topological polar surface area (TPSA) is 47.1 Å². The standard InChI is InChI=1S/C27H22F6N2O2/c1-16(36-2)20-5-3-4-6-21(20)18-10-13-22-23(15-18)35-24(34-22)14-9-17-7-11-19(12-8-17)37-25(26(28,29)30)27(31,32)33/h3-16,25H,1-2H3,(H,34,35)/b14-9+. The van der Waals surface area contributed by atoms with E-state index in [0.29, 0.717) is 11.4 Å². The van der Waals surface area contributed by atoms with Crippen molar-refractivity contribution in [1.29, 1.82) is 0 Å². The van der Waals surface area contributed by atoms with E-state index in [0.717, 1.165) is 39.9 Å². The minimum atomic E-state index is -5.58. The van der Waals surface area contributed by atoms with Crippen LogP contribution < -0.4 is 4.74 Å². The van der Waals surface area contributed by atoms with Crippen LogP contribution in [0.25, 0.3) is 34.3 Å². The molecule has 0 fully saturated rings. The highest BCUT2D eigenvalue weighted by molar-refractivity contribution is 5.84. The minimum absolute atomic E-state index is 0.0887. The molecule has 1 unspecified atom stereocenters. The van der Waals surface area contributed by atoms with Crippen LogP contribution in [-0.4, -0.2) is 35.5 Å². The second kappa shape index (κ2) is 10.3. The monoisotopic (exact) mass is 520 g/mol. The zero-order valence-corrected chi connectivity index (χ0v) is 19.7. The van der Waals surface area contributed by atoms with Crippen molar-refractivity contribution >= 4 is 23.2 Å². The van der Waals surface area contributed by atoms with Crippen molar-refractivity contribution in [3.8, 4) is 16.9 Å². The van der Waals surface area contributed by atoms with Crippen LogP contribution in [0, 0.1) is 0 Å². The first kappa shape index (κ1) is 26.3. The maximum atomic E-state index is 12.7. The number of hydrogen-bond acceptors (Lipinski definition) is 3. The molecule has 194 valence electrons. The van der Waals surface area contributed by atoms with Crippen molar-refractivity contribution < 1.29 is 35.8 Å². The molecule has 0 spiro atoms. The highest BCUT2D eigenvalue weighted by Crippen LogP contribution is 2.36. The molecule has 0 radical (unpaired) electrons. The van der Waals surface area contributed by atoms with Crippen molar-refractivity contribution in [2.45, 2.75) is 31.5 Å². The molecule has 0 saturated heterocycles. The zero-order valence-electron chi connectivity index (χ0n) is 19.7. The predicted molar refractivity (Wildman–Crippen MR) is 129 cm³/mol. The van der Waals surface area contributed by atoms with Crippen LogP contribution in [0.5, 0.6) is 5.75 Å². The molecule has 10 heteroatoms. The van der Waals surface area contributed by atoms with Gasteiger partial charge in [-0.3, -0.25) is 0 Å². The summed E-state index contributed by atoms with van der Waals surface area (Å²) in [4.78, 5) is 7.74. The number of alkyl halides is 6. The number of imidazole rings is 1. The highest BCUT2D eigenvalue weighted by atomic mass is 19.4. The average Bonchev–Trinajstić information content (AvgIpc) is 3.27. The molecule has 4 nitrogen and oxygen atoms in total. The summed E-state index contributed by atoms with van der Waals surface area (Å²) in [5.74, 6) is -0.0173. The number of H-pyrrole nitrogens is 1. The van der Waals surface area contributed by atoms with E-state index in [1.807, 2.05) is 49.4 Å². The number of nitrogens with one attached hydrogen (secondary N) is 1. The van der Waals surface area contributed by atoms with Gasteiger partial charge in [-0.25, -0.2) is 4.98 Å². The lowest BCUT2D eigenvalue weighted by Crippen LogP contribution is -2.46. The maximum Gasteiger partial charge on any atom is 0.434 e. The molecule has 1 N–H and O–H groups in total. The number of methoxy groups -OCH3 is 1. The van der Waals surface area contributed by atoms with Crippen molar-refractivity contribution in [3.05, 3.63) is 83.7 Å². The van der Waals surface area contributed by atoms with Gasteiger partial charge in [0.25, 0.3) is 6.10 Å². The summed E-state index contributed by atoms with van der Waals surface area (Å²) >= 11 is 0. The van der Waals surface area contributed by atoms with E-state index in [2.05, 4.69) is 14.7 Å². The Morgan fingerprint density at radius 2 is 1.54 bits per heavy atom. The number of aromatic amines is 1. The largest absolute Gasteiger partial charge is 0.471 e. The third-order valence-electron chi connectivity index (χ3n) is 5.73. The van der Waals surface area contributed by atoms with Crippen LogP contribution in [-0.2, 0) is 4.74 Å². The molecule has 0 aliphatic rings. The first-order chi connectivity index (χ1) is 17.5. The summed E-state index contributed by atoms with van der Waals surface area (Å²) in [6.45, 7) is 1.97. The summed E-state index contributed by atoms with van der Waals surface area (Å²) in [6, 6.07) is 18.6. The number of ether oxygens (including phenoxy) is 2. The van der Waals surface area contributed by atoms with Gasteiger partial charge in [0.05, 0.1) is 17.1 Å². The first-order valence-electron chi connectivity index (χ1n) is 11.2. The van der Waals surface area contributed by atoms with E-state index in [1.165, 1.54) is 12.1 Å².